The minimum absolute atomic E-state index is 0.0226. The van der Waals surface area contributed by atoms with Crippen LogP contribution in [0.15, 0.2) is 48.5 Å². The van der Waals surface area contributed by atoms with Crippen LogP contribution in [0.2, 0.25) is 0 Å². The standard InChI is InChI=1S/C30H28F4N2O4/c1-38-20-5-6-25-22(11-20)23-12-26-21-13-28(39-2)29(9-17(21)7-8-35(26)14-27(23)36(25)16-37)40-15-18-3-4-19(10-24(18)31)30(32,33)34/h3-6,9-11,13,26,37H,7-8,12,14-16H2,1-2H3. The minimum atomic E-state index is -4.62. The molecule has 0 radical (unpaired) electrons. The van der Waals surface area contributed by atoms with E-state index in [9.17, 15) is 22.7 Å². The molecule has 1 atom stereocenters. The lowest BCUT2D eigenvalue weighted by molar-refractivity contribution is -0.137. The van der Waals surface area contributed by atoms with Crippen molar-refractivity contribution in [2.75, 3.05) is 20.8 Å². The monoisotopic (exact) mass is 556 g/mol. The van der Waals surface area contributed by atoms with Crippen LogP contribution in [0.25, 0.3) is 10.9 Å². The highest BCUT2D eigenvalue weighted by molar-refractivity contribution is 5.87. The van der Waals surface area contributed by atoms with E-state index in [0.29, 0.717) is 24.1 Å². The van der Waals surface area contributed by atoms with Gasteiger partial charge >= 0.3 is 6.18 Å². The average molecular weight is 557 g/mol. The fourth-order valence-electron chi connectivity index (χ4n) is 6.00. The second-order valence-electron chi connectivity index (χ2n) is 10.1. The number of aromatic nitrogens is 1. The van der Waals surface area contributed by atoms with E-state index in [4.69, 9.17) is 14.2 Å². The van der Waals surface area contributed by atoms with E-state index < -0.39 is 17.6 Å². The summed E-state index contributed by atoms with van der Waals surface area (Å²) in [5.74, 6) is 0.661. The van der Waals surface area contributed by atoms with Gasteiger partial charge in [0, 0.05) is 35.8 Å². The molecule has 0 spiro atoms. The number of rotatable bonds is 6. The highest BCUT2D eigenvalue weighted by Gasteiger charge is 2.36. The predicted molar refractivity (Wildman–Crippen MR) is 140 cm³/mol. The van der Waals surface area contributed by atoms with Crippen LogP contribution >= 0.6 is 0 Å². The Labute approximate surface area is 228 Å². The lowest BCUT2D eigenvalue weighted by atomic mass is 9.85. The summed E-state index contributed by atoms with van der Waals surface area (Å²) in [5.41, 5.74) is 4.40. The fourth-order valence-corrected chi connectivity index (χ4v) is 6.00. The van der Waals surface area contributed by atoms with Crippen LogP contribution in [0.1, 0.15) is 39.6 Å². The van der Waals surface area contributed by atoms with Gasteiger partial charge in [0.15, 0.2) is 11.5 Å². The van der Waals surface area contributed by atoms with Crippen LogP contribution in [-0.4, -0.2) is 35.3 Å². The minimum Gasteiger partial charge on any atom is -0.497 e. The van der Waals surface area contributed by atoms with Crippen molar-refractivity contribution in [2.24, 2.45) is 0 Å². The molecule has 0 aliphatic carbocycles. The van der Waals surface area contributed by atoms with E-state index in [-0.39, 0.29) is 24.9 Å². The van der Waals surface area contributed by atoms with Crippen LogP contribution in [0.3, 0.4) is 0 Å². The predicted octanol–water partition coefficient (Wildman–Crippen LogP) is 6.00. The van der Waals surface area contributed by atoms with Gasteiger partial charge in [-0.15, -0.1) is 0 Å². The second kappa shape index (κ2) is 10.0. The van der Waals surface area contributed by atoms with Gasteiger partial charge in [0.2, 0.25) is 0 Å². The Balaban J connectivity index is 1.31. The lowest BCUT2D eigenvalue weighted by Gasteiger charge is -2.41. The van der Waals surface area contributed by atoms with E-state index >= 15 is 0 Å². The maximum absolute atomic E-state index is 14.4. The molecule has 1 aromatic heterocycles. The van der Waals surface area contributed by atoms with Crippen LogP contribution < -0.4 is 14.2 Å². The first-order valence-electron chi connectivity index (χ1n) is 12.9. The van der Waals surface area contributed by atoms with Crippen molar-refractivity contribution in [3.8, 4) is 17.2 Å². The number of alkyl halides is 3. The molecule has 40 heavy (non-hydrogen) atoms. The molecule has 6 nitrogen and oxygen atoms in total. The van der Waals surface area contributed by atoms with Crippen molar-refractivity contribution in [3.63, 3.8) is 0 Å². The van der Waals surface area contributed by atoms with E-state index in [0.717, 1.165) is 65.0 Å². The summed E-state index contributed by atoms with van der Waals surface area (Å²) in [4.78, 5) is 2.39. The van der Waals surface area contributed by atoms with Crippen molar-refractivity contribution in [1.82, 2.24) is 9.47 Å². The van der Waals surface area contributed by atoms with Gasteiger partial charge in [0.05, 0.1) is 25.3 Å². The second-order valence-corrected chi connectivity index (χ2v) is 10.1. The first-order valence-corrected chi connectivity index (χ1v) is 12.9. The average Bonchev–Trinajstić information content (AvgIpc) is 3.25. The zero-order chi connectivity index (χ0) is 28.2. The van der Waals surface area contributed by atoms with Crippen LogP contribution in [0.5, 0.6) is 17.2 Å². The number of aliphatic hydroxyl groups excluding tert-OH is 1. The van der Waals surface area contributed by atoms with Gasteiger partial charge < -0.3 is 23.9 Å². The lowest BCUT2D eigenvalue weighted by Crippen LogP contribution is -2.39. The fraction of sp³-hybridized carbons (Fsp3) is 0.333. The highest BCUT2D eigenvalue weighted by atomic mass is 19.4. The molecule has 0 saturated carbocycles. The number of benzene rings is 3. The first-order chi connectivity index (χ1) is 19.2. The zero-order valence-electron chi connectivity index (χ0n) is 22.0. The van der Waals surface area contributed by atoms with Gasteiger partial charge in [0.25, 0.3) is 0 Å². The molecule has 2 aliphatic heterocycles. The Morgan fingerprint density at radius 1 is 1.00 bits per heavy atom. The van der Waals surface area contributed by atoms with E-state index in [1.54, 1.807) is 7.11 Å². The molecular weight excluding hydrogens is 528 g/mol. The van der Waals surface area contributed by atoms with Crippen molar-refractivity contribution in [2.45, 2.75) is 44.9 Å². The molecule has 2 aliphatic rings. The summed E-state index contributed by atoms with van der Waals surface area (Å²) in [6.45, 7) is 1.14. The summed E-state index contributed by atoms with van der Waals surface area (Å²) in [5, 5.41) is 11.2. The Hall–Kier alpha value is -3.76. The summed E-state index contributed by atoms with van der Waals surface area (Å²) in [7, 11) is 3.15. The largest absolute Gasteiger partial charge is 0.497 e. The molecule has 4 aromatic rings. The molecule has 3 heterocycles. The third kappa shape index (κ3) is 4.45. The van der Waals surface area contributed by atoms with Crippen molar-refractivity contribution in [3.05, 3.63) is 87.9 Å². The molecule has 210 valence electrons. The highest BCUT2D eigenvalue weighted by Crippen LogP contribution is 2.45. The van der Waals surface area contributed by atoms with Crippen molar-refractivity contribution < 1.29 is 36.9 Å². The molecule has 0 amide bonds. The van der Waals surface area contributed by atoms with Gasteiger partial charge in [-0.3, -0.25) is 4.90 Å². The molecule has 0 saturated heterocycles. The SMILES string of the molecule is COc1ccc2c(c1)c1c(n2CO)CN2CCc3cc(OCc4ccc(C(F)(F)F)cc4F)c(OC)cc3C2C1. The summed E-state index contributed by atoms with van der Waals surface area (Å²) >= 11 is 0. The Morgan fingerprint density at radius 3 is 2.52 bits per heavy atom. The first kappa shape index (κ1) is 26.5. The van der Waals surface area contributed by atoms with Gasteiger partial charge in [-0.1, -0.05) is 6.07 Å². The van der Waals surface area contributed by atoms with Crippen molar-refractivity contribution >= 4 is 10.9 Å². The number of methoxy groups -OCH3 is 2. The Morgan fingerprint density at radius 2 is 1.82 bits per heavy atom. The topological polar surface area (TPSA) is 56.1 Å². The van der Waals surface area contributed by atoms with E-state index in [1.165, 1.54) is 12.7 Å². The summed E-state index contributed by atoms with van der Waals surface area (Å²) in [6, 6.07) is 12.2. The van der Waals surface area contributed by atoms with Crippen molar-refractivity contribution in [1.29, 1.82) is 0 Å². The zero-order valence-corrected chi connectivity index (χ0v) is 22.0. The Bertz CT molecular complexity index is 1600. The number of fused-ring (bicyclic) bond motifs is 6. The van der Waals surface area contributed by atoms with E-state index in [1.807, 2.05) is 34.9 Å². The molecule has 6 rings (SSSR count). The smallest absolute Gasteiger partial charge is 0.416 e. The molecular formula is C30H28F4N2O4. The van der Waals surface area contributed by atoms with E-state index in [2.05, 4.69) is 4.90 Å². The van der Waals surface area contributed by atoms with Gasteiger partial charge in [-0.2, -0.15) is 13.2 Å². The maximum Gasteiger partial charge on any atom is 0.416 e. The maximum atomic E-state index is 14.4. The number of halogens is 4. The number of aliphatic hydroxyl groups is 1. The van der Waals surface area contributed by atoms with Crippen LogP contribution in [-0.2, 0) is 38.9 Å². The quantitative estimate of drug-likeness (QED) is 0.295. The molecule has 0 fully saturated rings. The normalized spacial score (nSPS) is 16.8. The van der Waals surface area contributed by atoms with Gasteiger partial charge in [0.1, 0.15) is 24.9 Å². The molecule has 0 bridgehead atoms. The van der Waals surface area contributed by atoms with Crippen LogP contribution in [0.4, 0.5) is 17.6 Å². The van der Waals surface area contributed by atoms with Gasteiger partial charge in [-0.05, 0) is 72.0 Å². The summed E-state index contributed by atoms with van der Waals surface area (Å²) < 4.78 is 72.0. The number of nitrogens with zero attached hydrogens (tertiary/aromatic N) is 2. The van der Waals surface area contributed by atoms with Crippen LogP contribution in [0, 0.1) is 5.82 Å². The number of hydrogen-bond donors (Lipinski definition) is 1. The molecule has 1 unspecified atom stereocenters. The number of hydrogen-bond acceptors (Lipinski definition) is 5. The summed E-state index contributed by atoms with van der Waals surface area (Å²) in [6.07, 6.45) is -3.13. The number of ether oxygens (including phenoxy) is 3. The third-order valence-electron chi connectivity index (χ3n) is 8.04. The molecule has 3 aromatic carbocycles. The third-order valence-corrected chi connectivity index (χ3v) is 8.04. The molecule has 10 heteroatoms. The Kier molecular flexibility index (Phi) is 6.62. The molecule has 1 N–H and O–H groups in total. The van der Waals surface area contributed by atoms with Gasteiger partial charge in [-0.25, -0.2) is 4.39 Å².